The second kappa shape index (κ2) is 5.29. The zero-order valence-corrected chi connectivity index (χ0v) is 11.7. The summed E-state index contributed by atoms with van der Waals surface area (Å²) in [6.45, 7) is 2.33. The van der Waals surface area contributed by atoms with Gasteiger partial charge in [0.15, 0.2) is 0 Å². The zero-order valence-electron chi connectivity index (χ0n) is 11.7. The largest absolute Gasteiger partial charge is 0.465 e. The van der Waals surface area contributed by atoms with Gasteiger partial charge in [-0.05, 0) is 31.2 Å². The van der Waals surface area contributed by atoms with Crippen molar-refractivity contribution in [2.24, 2.45) is 0 Å². The van der Waals surface area contributed by atoms with E-state index in [2.05, 4.69) is 6.07 Å². The van der Waals surface area contributed by atoms with Crippen LogP contribution in [0.4, 0.5) is 0 Å². The molecular formula is C17H14N2O2. The van der Waals surface area contributed by atoms with Crippen LogP contribution in [0.25, 0.3) is 21.8 Å². The van der Waals surface area contributed by atoms with Crippen molar-refractivity contribution in [3.8, 4) is 6.07 Å². The molecule has 4 heteroatoms. The lowest BCUT2D eigenvalue weighted by molar-refractivity contribution is -0.143. The molecule has 1 aromatic heterocycles. The van der Waals surface area contributed by atoms with E-state index >= 15 is 0 Å². The van der Waals surface area contributed by atoms with Crippen LogP contribution in [-0.4, -0.2) is 17.1 Å². The summed E-state index contributed by atoms with van der Waals surface area (Å²) in [7, 11) is 0. The molecule has 3 rings (SSSR count). The molecule has 1 heterocycles. The van der Waals surface area contributed by atoms with Gasteiger partial charge < -0.3 is 9.30 Å². The molecule has 0 aliphatic carbocycles. The Kier molecular flexibility index (Phi) is 3.33. The van der Waals surface area contributed by atoms with Crippen LogP contribution >= 0.6 is 0 Å². The average molecular weight is 278 g/mol. The number of hydrogen-bond acceptors (Lipinski definition) is 3. The van der Waals surface area contributed by atoms with Crippen LogP contribution in [-0.2, 0) is 16.1 Å². The van der Waals surface area contributed by atoms with Crippen LogP contribution in [0.2, 0.25) is 0 Å². The summed E-state index contributed by atoms with van der Waals surface area (Å²) in [6, 6.07) is 15.5. The second-order valence-electron chi connectivity index (χ2n) is 4.75. The number of aromatic nitrogens is 1. The first-order chi connectivity index (χ1) is 10.2. The number of ether oxygens (including phenoxy) is 1. The molecule has 0 unspecified atom stereocenters. The van der Waals surface area contributed by atoms with E-state index in [4.69, 9.17) is 10.00 Å². The number of benzene rings is 2. The molecule has 0 N–H and O–H groups in total. The molecule has 2 aromatic carbocycles. The maximum atomic E-state index is 11.8. The van der Waals surface area contributed by atoms with Crippen molar-refractivity contribution in [2.45, 2.75) is 13.5 Å². The lowest BCUT2D eigenvalue weighted by atomic mass is 10.1. The standard InChI is InChI=1S/C17H14N2O2/c1-2-21-17(20)11-19-15-6-4-3-5-13(15)14-9-12(10-18)7-8-16(14)19/h3-9H,2,11H2,1H3. The van der Waals surface area contributed by atoms with Crippen LogP contribution in [0.1, 0.15) is 12.5 Å². The normalized spacial score (nSPS) is 10.7. The minimum Gasteiger partial charge on any atom is -0.465 e. The van der Waals surface area contributed by atoms with Gasteiger partial charge in [-0.1, -0.05) is 18.2 Å². The fourth-order valence-electron chi connectivity index (χ4n) is 2.63. The van der Waals surface area contributed by atoms with Gasteiger partial charge in [0.2, 0.25) is 0 Å². The van der Waals surface area contributed by atoms with E-state index < -0.39 is 0 Å². The maximum Gasteiger partial charge on any atom is 0.325 e. The molecule has 0 bridgehead atoms. The highest BCUT2D eigenvalue weighted by molar-refractivity contribution is 6.08. The van der Waals surface area contributed by atoms with Gasteiger partial charge in [0.1, 0.15) is 6.54 Å². The van der Waals surface area contributed by atoms with Gasteiger partial charge >= 0.3 is 5.97 Å². The van der Waals surface area contributed by atoms with E-state index in [0.717, 1.165) is 21.8 Å². The molecule has 0 aliphatic rings. The predicted octanol–water partition coefficient (Wildman–Crippen LogP) is 3.23. The maximum absolute atomic E-state index is 11.8. The monoisotopic (exact) mass is 278 g/mol. The molecule has 0 fully saturated rings. The lowest BCUT2D eigenvalue weighted by Gasteiger charge is -2.06. The summed E-state index contributed by atoms with van der Waals surface area (Å²) in [6.07, 6.45) is 0. The molecule has 0 saturated carbocycles. The highest BCUT2D eigenvalue weighted by Gasteiger charge is 2.13. The fraction of sp³-hybridized carbons (Fsp3) is 0.176. The predicted molar refractivity (Wildman–Crippen MR) is 80.8 cm³/mol. The van der Waals surface area contributed by atoms with Crippen molar-refractivity contribution in [3.63, 3.8) is 0 Å². The first-order valence-corrected chi connectivity index (χ1v) is 6.81. The third-order valence-corrected chi connectivity index (χ3v) is 3.49. The Morgan fingerprint density at radius 2 is 1.95 bits per heavy atom. The quantitative estimate of drug-likeness (QED) is 0.691. The molecule has 0 spiro atoms. The Labute approximate surface area is 122 Å². The molecule has 0 atom stereocenters. The highest BCUT2D eigenvalue weighted by atomic mass is 16.5. The third-order valence-electron chi connectivity index (χ3n) is 3.49. The number of nitriles is 1. The van der Waals surface area contributed by atoms with Gasteiger partial charge in [-0.25, -0.2) is 0 Å². The van der Waals surface area contributed by atoms with Crippen molar-refractivity contribution in [1.29, 1.82) is 5.26 Å². The highest BCUT2D eigenvalue weighted by Crippen LogP contribution is 2.29. The van der Waals surface area contributed by atoms with Gasteiger partial charge in [-0.2, -0.15) is 5.26 Å². The molecule has 4 nitrogen and oxygen atoms in total. The Balaban J connectivity index is 2.25. The molecule has 3 aromatic rings. The van der Waals surface area contributed by atoms with Crippen LogP contribution in [0.5, 0.6) is 0 Å². The fourth-order valence-corrected chi connectivity index (χ4v) is 2.63. The summed E-state index contributed by atoms with van der Waals surface area (Å²) < 4.78 is 6.98. The van der Waals surface area contributed by atoms with Crippen LogP contribution in [0.3, 0.4) is 0 Å². The van der Waals surface area contributed by atoms with Crippen molar-refractivity contribution in [2.75, 3.05) is 6.61 Å². The molecule has 0 amide bonds. The van der Waals surface area contributed by atoms with E-state index in [1.165, 1.54) is 0 Å². The number of para-hydroxylation sites is 1. The van der Waals surface area contributed by atoms with Crippen LogP contribution in [0, 0.1) is 11.3 Å². The topological polar surface area (TPSA) is 55.0 Å². The smallest absolute Gasteiger partial charge is 0.325 e. The molecule has 104 valence electrons. The second-order valence-corrected chi connectivity index (χ2v) is 4.75. The summed E-state index contributed by atoms with van der Waals surface area (Å²) in [5.74, 6) is -0.260. The minimum absolute atomic E-state index is 0.170. The Morgan fingerprint density at radius 3 is 2.71 bits per heavy atom. The number of carbonyl (C=O) groups is 1. The number of rotatable bonds is 3. The Hall–Kier alpha value is -2.80. The van der Waals surface area contributed by atoms with Gasteiger partial charge in [0.25, 0.3) is 0 Å². The van der Waals surface area contributed by atoms with Crippen LogP contribution < -0.4 is 0 Å². The zero-order chi connectivity index (χ0) is 14.8. The van der Waals surface area contributed by atoms with Gasteiger partial charge in [-0.3, -0.25) is 4.79 Å². The number of esters is 1. The molecule has 21 heavy (non-hydrogen) atoms. The number of fused-ring (bicyclic) bond motifs is 3. The molecular weight excluding hydrogens is 264 g/mol. The first kappa shape index (κ1) is 13.2. The molecule has 0 radical (unpaired) electrons. The summed E-state index contributed by atoms with van der Waals surface area (Å²) >= 11 is 0. The van der Waals surface area contributed by atoms with E-state index in [1.807, 2.05) is 41.0 Å². The number of hydrogen-bond donors (Lipinski definition) is 0. The van der Waals surface area contributed by atoms with E-state index in [-0.39, 0.29) is 12.5 Å². The van der Waals surface area contributed by atoms with Gasteiger partial charge in [0.05, 0.1) is 18.2 Å². The Morgan fingerprint density at radius 1 is 1.19 bits per heavy atom. The van der Waals surface area contributed by atoms with Gasteiger partial charge in [0, 0.05) is 21.8 Å². The first-order valence-electron chi connectivity index (χ1n) is 6.81. The van der Waals surface area contributed by atoms with E-state index in [0.29, 0.717) is 12.2 Å². The average Bonchev–Trinajstić information content (AvgIpc) is 2.81. The van der Waals surface area contributed by atoms with Crippen LogP contribution in [0.15, 0.2) is 42.5 Å². The SMILES string of the molecule is CCOC(=O)Cn1c2ccccc2c2cc(C#N)ccc21. The number of nitrogens with zero attached hydrogens (tertiary/aromatic N) is 2. The third kappa shape index (κ3) is 2.23. The van der Waals surface area contributed by atoms with Crippen molar-refractivity contribution >= 4 is 27.8 Å². The van der Waals surface area contributed by atoms with E-state index in [1.54, 1.807) is 13.0 Å². The molecule has 0 saturated heterocycles. The van der Waals surface area contributed by atoms with Crippen molar-refractivity contribution in [1.82, 2.24) is 4.57 Å². The van der Waals surface area contributed by atoms with E-state index in [9.17, 15) is 4.79 Å². The summed E-state index contributed by atoms with van der Waals surface area (Å²) in [4.78, 5) is 11.8. The summed E-state index contributed by atoms with van der Waals surface area (Å²) in [5.41, 5.74) is 2.51. The van der Waals surface area contributed by atoms with Gasteiger partial charge in [-0.15, -0.1) is 0 Å². The Bertz CT molecular complexity index is 871. The minimum atomic E-state index is -0.260. The van der Waals surface area contributed by atoms with Crippen molar-refractivity contribution < 1.29 is 9.53 Å². The number of carbonyl (C=O) groups excluding carboxylic acids is 1. The molecule has 0 aliphatic heterocycles. The summed E-state index contributed by atoms with van der Waals surface area (Å²) in [5, 5.41) is 11.1. The van der Waals surface area contributed by atoms with Crippen molar-refractivity contribution in [3.05, 3.63) is 48.0 Å². The lowest BCUT2D eigenvalue weighted by Crippen LogP contribution is -2.13.